The molecule has 1 aromatic heterocycles. The van der Waals surface area contributed by atoms with E-state index >= 15 is 0 Å². The van der Waals surface area contributed by atoms with Crippen LogP contribution in [0.2, 0.25) is 0 Å². The van der Waals surface area contributed by atoms with Gasteiger partial charge < -0.3 is 18.6 Å². The van der Waals surface area contributed by atoms with Gasteiger partial charge in [0, 0.05) is 17.9 Å². The fraction of sp³-hybridized carbons (Fsp3) is 0.500. The summed E-state index contributed by atoms with van der Waals surface area (Å²) in [7, 11) is 2.58. The van der Waals surface area contributed by atoms with Crippen LogP contribution in [0, 0.1) is 22.7 Å². The van der Waals surface area contributed by atoms with E-state index in [0.717, 1.165) is 5.56 Å². The molecule has 2 fully saturated rings. The Hall–Kier alpha value is -2.83. The van der Waals surface area contributed by atoms with Crippen molar-refractivity contribution >= 4 is 17.9 Å². The van der Waals surface area contributed by atoms with Crippen LogP contribution in [0.15, 0.2) is 46.8 Å². The third-order valence-corrected chi connectivity index (χ3v) is 7.01. The first kappa shape index (κ1) is 19.5. The van der Waals surface area contributed by atoms with Crippen LogP contribution in [-0.4, -0.2) is 32.1 Å². The zero-order valence-corrected chi connectivity index (χ0v) is 16.7. The van der Waals surface area contributed by atoms with E-state index in [4.69, 9.17) is 18.6 Å². The Morgan fingerprint density at radius 1 is 1.24 bits per heavy atom. The van der Waals surface area contributed by atoms with Crippen molar-refractivity contribution in [2.24, 2.45) is 22.7 Å². The molecular weight excluding hydrogens is 376 g/mol. The first-order valence-corrected chi connectivity index (χ1v) is 9.70. The highest BCUT2D eigenvalue weighted by atomic mass is 16.6. The van der Waals surface area contributed by atoms with E-state index in [9.17, 15) is 14.4 Å². The lowest BCUT2D eigenvalue weighted by molar-refractivity contribution is -0.172. The van der Waals surface area contributed by atoms with Crippen molar-refractivity contribution in [3.63, 3.8) is 0 Å². The third-order valence-electron chi connectivity index (χ3n) is 7.01. The van der Waals surface area contributed by atoms with E-state index < -0.39 is 34.8 Å². The average molecular weight is 400 g/mol. The van der Waals surface area contributed by atoms with Crippen molar-refractivity contribution < 1.29 is 33.0 Å². The van der Waals surface area contributed by atoms with E-state index in [1.165, 1.54) is 20.5 Å². The molecule has 4 rings (SSSR count). The molecule has 29 heavy (non-hydrogen) atoms. The van der Waals surface area contributed by atoms with Crippen LogP contribution in [0.1, 0.15) is 37.9 Å². The van der Waals surface area contributed by atoms with Gasteiger partial charge in [0.25, 0.3) is 0 Å². The topological polar surface area (TPSA) is 92.0 Å². The number of fused-ring (bicyclic) bond motifs is 2. The number of hydrogen-bond acceptors (Lipinski definition) is 7. The maximum absolute atomic E-state index is 13.3. The van der Waals surface area contributed by atoms with Crippen LogP contribution in [0.5, 0.6) is 0 Å². The summed E-state index contributed by atoms with van der Waals surface area (Å²) in [5.41, 5.74) is -1.24. The quantitative estimate of drug-likeness (QED) is 0.568. The van der Waals surface area contributed by atoms with E-state index in [2.05, 4.69) is 0 Å². The largest absolute Gasteiger partial charge is 0.472 e. The number of cyclic esters (lactones) is 1. The molecule has 2 heterocycles. The molecule has 0 bridgehead atoms. The fourth-order valence-corrected chi connectivity index (χ4v) is 5.51. The van der Waals surface area contributed by atoms with Crippen molar-refractivity contribution in [2.75, 3.05) is 14.2 Å². The predicted octanol–water partition coefficient (Wildman–Crippen LogP) is 3.13. The number of carbonyl (C=O) groups excluding carboxylic acids is 3. The molecule has 0 aromatic carbocycles. The van der Waals surface area contributed by atoms with Crippen molar-refractivity contribution in [3.8, 4) is 0 Å². The molecule has 7 heteroatoms. The summed E-state index contributed by atoms with van der Waals surface area (Å²) in [6.07, 6.45) is 9.16. The Kier molecular flexibility index (Phi) is 4.63. The van der Waals surface area contributed by atoms with Crippen molar-refractivity contribution in [1.82, 2.24) is 0 Å². The van der Waals surface area contributed by atoms with Crippen LogP contribution in [0.4, 0.5) is 0 Å². The molecule has 2 aliphatic carbocycles. The number of furan rings is 1. The second-order valence-electron chi connectivity index (χ2n) is 8.03. The zero-order valence-electron chi connectivity index (χ0n) is 16.7. The minimum Gasteiger partial charge on any atom is -0.472 e. The Bertz CT molecular complexity index is 896. The van der Waals surface area contributed by atoms with Gasteiger partial charge in [0.1, 0.15) is 11.5 Å². The number of ether oxygens (including phenoxy) is 3. The highest BCUT2D eigenvalue weighted by Gasteiger charge is 2.69. The molecule has 7 nitrogen and oxygen atoms in total. The van der Waals surface area contributed by atoms with Crippen LogP contribution in [0.25, 0.3) is 0 Å². The molecule has 154 valence electrons. The normalized spacial score (nSPS) is 35.6. The zero-order chi connectivity index (χ0) is 20.8. The lowest BCUT2D eigenvalue weighted by atomic mass is 9.47. The number of allylic oxidation sites excluding steroid dienone is 3. The van der Waals surface area contributed by atoms with Crippen molar-refractivity contribution in [2.45, 2.75) is 32.3 Å². The van der Waals surface area contributed by atoms with E-state index in [0.29, 0.717) is 19.3 Å². The molecule has 3 aliphatic rings. The van der Waals surface area contributed by atoms with Crippen LogP contribution in [0.3, 0.4) is 0 Å². The fourth-order valence-electron chi connectivity index (χ4n) is 5.51. The predicted molar refractivity (Wildman–Crippen MR) is 100 cm³/mol. The van der Waals surface area contributed by atoms with Gasteiger partial charge in [-0.1, -0.05) is 25.2 Å². The van der Waals surface area contributed by atoms with Crippen LogP contribution < -0.4 is 0 Å². The Balaban J connectivity index is 1.85. The standard InChI is InChI=1S/C22H24O7/c1-13-7-9-21(19(24)27-3)15(18(23)26-2)5-4-6-17(21)22(13)11-16(29-20(22)25)14-8-10-28-12-14/h4-6,8,10,12-13,16-17H,7,9,11H2,1-3H3/t13-,16-,17+,21-,22+/m0/s1. The second-order valence-corrected chi connectivity index (χ2v) is 8.03. The van der Waals surface area contributed by atoms with Gasteiger partial charge in [-0.2, -0.15) is 0 Å². The van der Waals surface area contributed by atoms with Gasteiger partial charge in [-0.15, -0.1) is 0 Å². The summed E-state index contributed by atoms with van der Waals surface area (Å²) < 4.78 is 21.1. The summed E-state index contributed by atoms with van der Waals surface area (Å²) in [5.74, 6) is -2.10. The minimum absolute atomic E-state index is 0.0451. The van der Waals surface area contributed by atoms with E-state index in [1.807, 2.05) is 13.0 Å². The van der Waals surface area contributed by atoms with Gasteiger partial charge in [-0.25, -0.2) is 4.79 Å². The lowest BCUT2D eigenvalue weighted by Gasteiger charge is -2.53. The lowest BCUT2D eigenvalue weighted by Crippen LogP contribution is -2.58. The van der Waals surface area contributed by atoms with Gasteiger partial charge in [0.15, 0.2) is 0 Å². The maximum atomic E-state index is 13.3. The summed E-state index contributed by atoms with van der Waals surface area (Å²) in [5, 5.41) is 0. The van der Waals surface area contributed by atoms with Gasteiger partial charge in [0.05, 0.1) is 37.7 Å². The Labute approximate surface area is 168 Å². The first-order chi connectivity index (χ1) is 13.9. The summed E-state index contributed by atoms with van der Waals surface area (Å²) in [6, 6.07) is 1.77. The number of esters is 3. The summed E-state index contributed by atoms with van der Waals surface area (Å²) in [4.78, 5) is 39.1. The summed E-state index contributed by atoms with van der Waals surface area (Å²) in [6.45, 7) is 2.00. The monoisotopic (exact) mass is 400 g/mol. The van der Waals surface area contributed by atoms with E-state index in [-0.39, 0.29) is 17.5 Å². The molecule has 0 radical (unpaired) electrons. The molecule has 1 saturated carbocycles. The highest BCUT2D eigenvalue weighted by Crippen LogP contribution is 2.65. The molecule has 1 spiro atoms. The van der Waals surface area contributed by atoms with Crippen molar-refractivity contribution in [1.29, 1.82) is 0 Å². The van der Waals surface area contributed by atoms with E-state index in [1.54, 1.807) is 24.5 Å². The van der Waals surface area contributed by atoms with Gasteiger partial charge in [-0.05, 0) is 24.8 Å². The molecule has 1 saturated heterocycles. The molecular formula is C22H24O7. The van der Waals surface area contributed by atoms with Gasteiger partial charge in [-0.3, -0.25) is 9.59 Å². The summed E-state index contributed by atoms with van der Waals surface area (Å²) >= 11 is 0. The SMILES string of the molecule is COC(=O)C1=CC=C[C@@H]2[C@]1(C(=O)OC)CC[C@H](C)[C@]21C[C@@H](c2ccoc2)OC1=O. The highest BCUT2D eigenvalue weighted by molar-refractivity contribution is 6.00. The van der Waals surface area contributed by atoms with Gasteiger partial charge in [0.2, 0.25) is 0 Å². The number of hydrogen-bond donors (Lipinski definition) is 0. The average Bonchev–Trinajstić information content (AvgIpc) is 3.38. The number of carbonyl (C=O) groups is 3. The molecule has 5 atom stereocenters. The Morgan fingerprint density at radius 2 is 2.03 bits per heavy atom. The first-order valence-electron chi connectivity index (χ1n) is 9.70. The number of rotatable bonds is 3. The molecule has 0 N–H and O–H groups in total. The molecule has 1 aromatic rings. The van der Waals surface area contributed by atoms with Gasteiger partial charge >= 0.3 is 17.9 Å². The molecule has 0 amide bonds. The minimum atomic E-state index is -1.28. The maximum Gasteiger partial charge on any atom is 0.334 e. The van der Waals surface area contributed by atoms with Crippen molar-refractivity contribution in [3.05, 3.63) is 48.0 Å². The van der Waals surface area contributed by atoms with Crippen LogP contribution >= 0.6 is 0 Å². The van der Waals surface area contributed by atoms with Crippen LogP contribution in [-0.2, 0) is 28.6 Å². The molecule has 1 aliphatic heterocycles. The second kappa shape index (κ2) is 6.90. The Morgan fingerprint density at radius 3 is 2.69 bits per heavy atom. The molecule has 0 unspecified atom stereocenters. The third kappa shape index (κ3) is 2.52. The number of methoxy groups -OCH3 is 2. The smallest absolute Gasteiger partial charge is 0.334 e.